The molecule has 0 aromatic rings. The number of nitrogens with zero attached hydrogens (tertiary/aromatic N) is 4. The zero-order valence-electron chi connectivity index (χ0n) is 7.70. The van der Waals surface area contributed by atoms with E-state index in [1.807, 2.05) is 0 Å². The molecule has 1 unspecified atom stereocenters. The van der Waals surface area contributed by atoms with Gasteiger partial charge in [-0.1, -0.05) is 0 Å². The molecule has 2 heterocycles. The molecular formula is C8H8N4O3. The van der Waals surface area contributed by atoms with Crippen LogP contribution in [-0.4, -0.2) is 53.0 Å². The number of amides is 1. The Hall–Kier alpha value is -2.05. The Labute approximate surface area is 84.8 Å². The fourth-order valence-corrected chi connectivity index (χ4v) is 1.35. The summed E-state index contributed by atoms with van der Waals surface area (Å²) in [6.07, 6.45) is 2.57. The first-order chi connectivity index (χ1) is 7.18. The molecule has 1 atom stereocenters. The molecule has 7 heteroatoms. The third-order valence-corrected chi connectivity index (χ3v) is 2.07. The molecule has 0 aliphatic carbocycles. The van der Waals surface area contributed by atoms with E-state index in [-0.39, 0.29) is 18.9 Å². The van der Waals surface area contributed by atoms with E-state index in [0.717, 1.165) is 6.34 Å². The van der Waals surface area contributed by atoms with E-state index in [9.17, 15) is 9.59 Å². The molecule has 1 N–H and O–H groups in total. The Kier molecular flexibility index (Phi) is 2.28. The molecular weight excluding hydrogens is 200 g/mol. The van der Waals surface area contributed by atoms with E-state index in [0.29, 0.717) is 5.84 Å². The van der Waals surface area contributed by atoms with Crippen LogP contribution in [0.2, 0.25) is 0 Å². The topological polar surface area (TPSA) is 94.7 Å². The summed E-state index contributed by atoms with van der Waals surface area (Å²) in [5.74, 6) is -0.812. The summed E-state index contributed by atoms with van der Waals surface area (Å²) in [5.41, 5.74) is 0. The van der Waals surface area contributed by atoms with Gasteiger partial charge in [0.05, 0.1) is 12.8 Å². The Morgan fingerprint density at radius 2 is 2.40 bits per heavy atom. The molecule has 15 heavy (non-hydrogen) atoms. The van der Waals surface area contributed by atoms with Crippen LogP contribution in [0, 0.1) is 0 Å². The number of fused-ring (bicyclic) bond motifs is 1. The molecule has 0 aromatic carbocycles. The largest absolute Gasteiger partial charge is 0.481 e. The van der Waals surface area contributed by atoms with Crippen LogP contribution in [-0.2, 0) is 9.59 Å². The van der Waals surface area contributed by atoms with Crippen LogP contribution in [0.5, 0.6) is 0 Å². The highest BCUT2D eigenvalue weighted by molar-refractivity contribution is 6.19. The minimum Gasteiger partial charge on any atom is -0.481 e. The maximum absolute atomic E-state index is 11.2. The van der Waals surface area contributed by atoms with Gasteiger partial charge in [0.2, 0.25) is 0 Å². The smallest absolute Gasteiger partial charge is 0.305 e. The SMILES string of the molecule is O=C(O)CCN1C=NC2C(=O)N=CN=C21. The Morgan fingerprint density at radius 1 is 1.60 bits per heavy atom. The Morgan fingerprint density at radius 3 is 3.13 bits per heavy atom. The summed E-state index contributed by atoms with van der Waals surface area (Å²) in [4.78, 5) is 34.5. The average molecular weight is 208 g/mol. The van der Waals surface area contributed by atoms with Gasteiger partial charge < -0.3 is 10.0 Å². The normalized spacial score (nSPS) is 22.9. The number of rotatable bonds is 3. The Balaban J connectivity index is 2.08. The maximum Gasteiger partial charge on any atom is 0.305 e. The summed E-state index contributed by atoms with van der Waals surface area (Å²) >= 11 is 0. The maximum atomic E-state index is 11.2. The van der Waals surface area contributed by atoms with Gasteiger partial charge >= 0.3 is 5.97 Å². The number of amidine groups is 1. The average Bonchev–Trinajstić information content (AvgIpc) is 2.59. The minimum atomic E-state index is -0.900. The first-order valence-electron chi connectivity index (χ1n) is 4.34. The quantitative estimate of drug-likeness (QED) is 0.652. The predicted octanol–water partition coefficient (Wildman–Crippen LogP) is -0.859. The van der Waals surface area contributed by atoms with E-state index in [1.54, 1.807) is 4.90 Å². The fourth-order valence-electron chi connectivity index (χ4n) is 1.35. The third kappa shape index (κ3) is 1.76. The van der Waals surface area contributed by atoms with Gasteiger partial charge in [-0.3, -0.25) is 14.6 Å². The molecule has 0 fully saturated rings. The highest BCUT2D eigenvalue weighted by Gasteiger charge is 2.33. The molecule has 78 valence electrons. The lowest BCUT2D eigenvalue weighted by Gasteiger charge is -2.17. The molecule has 0 radical (unpaired) electrons. The summed E-state index contributed by atoms with van der Waals surface area (Å²) < 4.78 is 0. The number of aliphatic imine (C=N–C) groups is 3. The van der Waals surface area contributed by atoms with E-state index < -0.39 is 12.0 Å². The van der Waals surface area contributed by atoms with E-state index in [2.05, 4.69) is 15.0 Å². The minimum absolute atomic E-state index is 0.0247. The molecule has 0 bridgehead atoms. The second-order valence-corrected chi connectivity index (χ2v) is 3.07. The zero-order valence-corrected chi connectivity index (χ0v) is 7.70. The molecule has 7 nitrogen and oxygen atoms in total. The lowest BCUT2D eigenvalue weighted by atomic mass is 10.2. The molecule has 0 aromatic heterocycles. The van der Waals surface area contributed by atoms with Crippen molar-refractivity contribution in [1.82, 2.24) is 4.90 Å². The van der Waals surface area contributed by atoms with E-state index in [1.165, 1.54) is 6.34 Å². The van der Waals surface area contributed by atoms with E-state index in [4.69, 9.17) is 5.11 Å². The fraction of sp³-hybridized carbons (Fsp3) is 0.375. The van der Waals surface area contributed by atoms with Crippen LogP contribution < -0.4 is 0 Å². The Bertz CT molecular complexity index is 399. The van der Waals surface area contributed by atoms with Gasteiger partial charge in [0, 0.05) is 6.54 Å². The molecule has 2 aliphatic rings. The number of hydrogen-bond acceptors (Lipinski definition) is 5. The van der Waals surface area contributed by atoms with Gasteiger partial charge in [-0.05, 0) is 0 Å². The van der Waals surface area contributed by atoms with Crippen LogP contribution in [0.25, 0.3) is 0 Å². The lowest BCUT2D eigenvalue weighted by Crippen LogP contribution is -2.37. The van der Waals surface area contributed by atoms with Crippen LogP contribution in [0.1, 0.15) is 6.42 Å². The van der Waals surface area contributed by atoms with Crippen molar-refractivity contribution >= 4 is 30.4 Å². The highest BCUT2D eigenvalue weighted by atomic mass is 16.4. The van der Waals surface area contributed by atoms with Gasteiger partial charge in [0.1, 0.15) is 12.2 Å². The van der Waals surface area contributed by atoms with Gasteiger partial charge in [-0.15, -0.1) is 0 Å². The first kappa shape index (κ1) is 9.50. The number of carboxylic acids is 1. The second kappa shape index (κ2) is 3.60. The van der Waals surface area contributed by atoms with Crippen LogP contribution >= 0.6 is 0 Å². The highest BCUT2D eigenvalue weighted by Crippen LogP contribution is 2.12. The number of aliphatic carboxylic acids is 1. The van der Waals surface area contributed by atoms with Crippen molar-refractivity contribution < 1.29 is 14.7 Å². The number of carbonyl (C=O) groups excluding carboxylic acids is 1. The van der Waals surface area contributed by atoms with Gasteiger partial charge in [-0.25, -0.2) is 4.99 Å². The standard InChI is InChI=1S/C8H8N4O3/c13-5(14)1-2-12-4-11-6-7(12)9-3-10-8(6)15/h3-4,6H,1-2H2,(H,13,14). The summed E-state index contributed by atoms with van der Waals surface area (Å²) in [7, 11) is 0. The number of hydrogen-bond donors (Lipinski definition) is 1. The molecule has 1 amide bonds. The third-order valence-electron chi connectivity index (χ3n) is 2.07. The van der Waals surface area contributed by atoms with Crippen molar-refractivity contribution in [2.24, 2.45) is 15.0 Å². The van der Waals surface area contributed by atoms with Crippen LogP contribution in [0.4, 0.5) is 0 Å². The molecule has 0 saturated carbocycles. The van der Waals surface area contributed by atoms with Crippen molar-refractivity contribution in [1.29, 1.82) is 0 Å². The van der Waals surface area contributed by atoms with Crippen LogP contribution in [0.15, 0.2) is 15.0 Å². The van der Waals surface area contributed by atoms with Gasteiger partial charge in [0.15, 0.2) is 6.04 Å². The second-order valence-electron chi connectivity index (χ2n) is 3.07. The van der Waals surface area contributed by atoms with Crippen molar-refractivity contribution in [2.45, 2.75) is 12.5 Å². The van der Waals surface area contributed by atoms with Crippen LogP contribution in [0.3, 0.4) is 0 Å². The monoisotopic (exact) mass is 208 g/mol. The molecule has 0 spiro atoms. The van der Waals surface area contributed by atoms with Crippen molar-refractivity contribution in [3.05, 3.63) is 0 Å². The van der Waals surface area contributed by atoms with Crippen molar-refractivity contribution in [3.8, 4) is 0 Å². The molecule has 0 saturated heterocycles. The van der Waals surface area contributed by atoms with Gasteiger partial charge in [0.25, 0.3) is 5.91 Å². The summed E-state index contributed by atoms with van der Waals surface area (Å²) in [6.45, 7) is 0.259. The summed E-state index contributed by atoms with van der Waals surface area (Å²) in [6, 6.07) is -0.677. The number of carbonyl (C=O) groups is 2. The van der Waals surface area contributed by atoms with Crippen molar-refractivity contribution in [2.75, 3.05) is 6.54 Å². The predicted molar refractivity (Wildman–Crippen MR) is 52.2 cm³/mol. The molecule has 2 aliphatic heterocycles. The first-order valence-corrected chi connectivity index (χ1v) is 4.34. The van der Waals surface area contributed by atoms with E-state index >= 15 is 0 Å². The molecule has 2 rings (SSSR count). The number of carboxylic acid groups (broad SMARTS) is 1. The summed E-state index contributed by atoms with van der Waals surface area (Å²) in [5, 5.41) is 8.52. The lowest BCUT2D eigenvalue weighted by molar-refractivity contribution is -0.137. The zero-order chi connectivity index (χ0) is 10.8. The van der Waals surface area contributed by atoms with Gasteiger partial charge in [-0.2, -0.15) is 4.99 Å². The van der Waals surface area contributed by atoms with Crippen molar-refractivity contribution in [3.63, 3.8) is 0 Å².